The summed E-state index contributed by atoms with van der Waals surface area (Å²) in [6.45, 7) is -0.440. The van der Waals surface area contributed by atoms with Gasteiger partial charge < -0.3 is 15.8 Å². The number of halogens is 5. The molecule has 8 heteroatoms. The topological polar surface area (TPSA) is 56.1 Å². The second-order valence-electron chi connectivity index (χ2n) is 4.98. The lowest BCUT2D eigenvalue weighted by Crippen LogP contribution is -2.13. The smallest absolute Gasteiger partial charge is 0.390 e. The zero-order valence-corrected chi connectivity index (χ0v) is 13.7. The lowest BCUT2D eigenvalue weighted by atomic mass is 10.0. The van der Waals surface area contributed by atoms with E-state index in [2.05, 4.69) is 5.32 Å². The predicted octanol–water partition coefficient (Wildman–Crippen LogP) is 4.98. The van der Waals surface area contributed by atoms with E-state index in [0.717, 1.165) is 18.2 Å². The summed E-state index contributed by atoms with van der Waals surface area (Å²) in [5.41, 5.74) is -0.111. The van der Waals surface area contributed by atoms with Crippen LogP contribution in [0.3, 0.4) is 0 Å². The third-order valence-corrected chi connectivity index (χ3v) is 3.90. The highest BCUT2D eigenvalue weighted by molar-refractivity contribution is 6.35. The van der Waals surface area contributed by atoms with Gasteiger partial charge in [0.1, 0.15) is 0 Å². The number of hydrogen-bond donors (Lipinski definition) is 3. The van der Waals surface area contributed by atoms with Gasteiger partial charge in [-0.15, -0.1) is 0 Å². The highest BCUT2D eigenvalue weighted by Crippen LogP contribution is 2.33. The van der Waals surface area contributed by atoms with Crippen molar-refractivity contribution in [2.24, 2.45) is 0 Å². The summed E-state index contributed by atoms with van der Waals surface area (Å²) in [5, 5.41) is 20.4. The number of rotatable bonds is 5. The molecule has 0 bridgehead atoms. The van der Waals surface area contributed by atoms with Crippen molar-refractivity contribution >= 4 is 34.6 Å². The molecule has 0 atom stereocenters. The minimum absolute atomic E-state index is 0.0925. The Morgan fingerprint density at radius 3 is 2.42 bits per heavy atom. The van der Waals surface area contributed by atoms with Gasteiger partial charge in [-0.2, -0.15) is 13.2 Å². The maximum absolute atomic E-state index is 12.9. The van der Waals surface area contributed by atoms with E-state index >= 15 is 0 Å². The van der Waals surface area contributed by atoms with Crippen molar-refractivity contribution in [1.82, 2.24) is 0 Å². The van der Waals surface area contributed by atoms with Crippen LogP contribution in [0, 0.1) is 5.41 Å². The number of aliphatic hydroxyl groups excluding tert-OH is 1. The molecule has 0 aromatic heterocycles. The average Bonchev–Trinajstić information content (AvgIpc) is 2.52. The summed E-state index contributed by atoms with van der Waals surface area (Å²) in [5.74, 6) is 0. The summed E-state index contributed by atoms with van der Waals surface area (Å²) >= 11 is 11.8. The van der Waals surface area contributed by atoms with E-state index in [-0.39, 0.29) is 23.5 Å². The van der Waals surface area contributed by atoms with E-state index in [4.69, 9.17) is 33.7 Å². The van der Waals surface area contributed by atoms with E-state index in [1.165, 1.54) is 6.07 Å². The lowest BCUT2D eigenvalue weighted by molar-refractivity contribution is -0.137. The summed E-state index contributed by atoms with van der Waals surface area (Å²) < 4.78 is 38.7. The van der Waals surface area contributed by atoms with Crippen LogP contribution in [0.4, 0.5) is 18.9 Å². The van der Waals surface area contributed by atoms with Crippen molar-refractivity contribution < 1.29 is 18.3 Å². The molecular weight excluding hydrogens is 364 g/mol. The molecule has 2 rings (SSSR count). The van der Waals surface area contributed by atoms with Gasteiger partial charge in [0.2, 0.25) is 0 Å². The average molecular weight is 377 g/mol. The molecule has 2 aromatic rings. The van der Waals surface area contributed by atoms with Crippen LogP contribution in [-0.2, 0) is 12.7 Å². The van der Waals surface area contributed by atoms with Crippen LogP contribution in [0.1, 0.15) is 16.7 Å². The quantitative estimate of drug-likeness (QED) is 0.644. The maximum Gasteiger partial charge on any atom is 0.416 e. The summed E-state index contributed by atoms with van der Waals surface area (Å²) in [6, 6.07) is 7.75. The van der Waals surface area contributed by atoms with Gasteiger partial charge in [0.05, 0.1) is 17.9 Å². The van der Waals surface area contributed by atoms with Gasteiger partial charge in [-0.05, 0) is 29.8 Å². The van der Waals surface area contributed by atoms with Gasteiger partial charge >= 0.3 is 6.18 Å². The zero-order valence-electron chi connectivity index (χ0n) is 12.2. The maximum atomic E-state index is 12.9. The van der Waals surface area contributed by atoms with E-state index < -0.39 is 18.3 Å². The van der Waals surface area contributed by atoms with Crippen molar-refractivity contribution in [3.8, 4) is 0 Å². The monoisotopic (exact) mass is 376 g/mol. The van der Waals surface area contributed by atoms with Crippen molar-refractivity contribution in [3.05, 3.63) is 63.1 Å². The van der Waals surface area contributed by atoms with E-state index in [1.54, 1.807) is 12.1 Å². The number of anilines is 1. The fraction of sp³-hybridized carbons (Fsp3) is 0.188. The molecule has 128 valence electrons. The molecule has 0 aliphatic carbocycles. The summed E-state index contributed by atoms with van der Waals surface area (Å²) in [4.78, 5) is 0. The molecule has 0 saturated carbocycles. The predicted molar refractivity (Wildman–Crippen MR) is 89.1 cm³/mol. The van der Waals surface area contributed by atoms with Gasteiger partial charge in [0, 0.05) is 27.8 Å². The standard InChI is InChI=1S/C16H13Cl2F3N2O/c17-11-3-1-9(13(18)6-11)7-23-15-5-10(16(19,20)21)2-4-12(15)14(22)8-24/h1-6,22-24H,7-8H2. The fourth-order valence-electron chi connectivity index (χ4n) is 2.07. The Morgan fingerprint density at radius 2 is 1.83 bits per heavy atom. The number of alkyl halides is 3. The Balaban J connectivity index is 2.33. The molecular formula is C16H13Cl2F3N2O. The largest absolute Gasteiger partial charge is 0.416 e. The third kappa shape index (κ3) is 4.41. The van der Waals surface area contributed by atoms with Gasteiger partial charge in [-0.25, -0.2) is 0 Å². The van der Waals surface area contributed by atoms with Crippen molar-refractivity contribution in [1.29, 1.82) is 5.41 Å². The molecule has 3 nitrogen and oxygen atoms in total. The van der Waals surface area contributed by atoms with Crippen LogP contribution in [0.2, 0.25) is 10.0 Å². The Hall–Kier alpha value is -1.76. The molecule has 0 radical (unpaired) electrons. The van der Waals surface area contributed by atoms with Crippen molar-refractivity contribution in [2.45, 2.75) is 12.7 Å². The Kier molecular flexibility index (Phi) is 5.74. The molecule has 0 amide bonds. The zero-order chi connectivity index (χ0) is 17.9. The fourth-order valence-corrected chi connectivity index (χ4v) is 2.55. The molecule has 0 heterocycles. The molecule has 0 unspecified atom stereocenters. The van der Waals surface area contributed by atoms with E-state index in [0.29, 0.717) is 15.6 Å². The van der Waals surface area contributed by atoms with Gasteiger partial charge in [-0.3, -0.25) is 0 Å². The number of hydrogen-bond acceptors (Lipinski definition) is 3. The summed E-state index contributed by atoms with van der Waals surface area (Å²) in [7, 11) is 0. The first kappa shape index (κ1) is 18.6. The van der Waals surface area contributed by atoms with Crippen LogP contribution in [-0.4, -0.2) is 17.4 Å². The second kappa shape index (κ2) is 7.42. The van der Waals surface area contributed by atoms with Crippen LogP contribution in [0.25, 0.3) is 0 Å². The number of aliphatic hydroxyl groups is 1. The van der Waals surface area contributed by atoms with Crippen LogP contribution in [0.15, 0.2) is 36.4 Å². The molecule has 24 heavy (non-hydrogen) atoms. The van der Waals surface area contributed by atoms with E-state index in [1.807, 2.05) is 0 Å². The summed E-state index contributed by atoms with van der Waals surface area (Å²) in [6.07, 6.45) is -4.51. The van der Waals surface area contributed by atoms with Crippen LogP contribution in [0.5, 0.6) is 0 Å². The Bertz CT molecular complexity index is 763. The minimum atomic E-state index is -4.51. The van der Waals surface area contributed by atoms with Crippen molar-refractivity contribution in [2.75, 3.05) is 11.9 Å². The lowest BCUT2D eigenvalue weighted by Gasteiger charge is -2.16. The highest BCUT2D eigenvalue weighted by atomic mass is 35.5. The molecule has 0 aliphatic rings. The molecule has 0 spiro atoms. The number of benzene rings is 2. The van der Waals surface area contributed by atoms with E-state index in [9.17, 15) is 13.2 Å². The second-order valence-corrected chi connectivity index (χ2v) is 5.83. The van der Waals surface area contributed by atoms with Crippen LogP contribution < -0.4 is 5.32 Å². The van der Waals surface area contributed by atoms with Crippen LogP contribution >= 0.6 is 23.2 Å². The molecule has 0 saturated heterocycles. The molecule has 3 N–H and O–H groups in total. The Labute approximate surface area is 146 Å². The van der Waals surface area contributed by atoms with Crippen molar-refractivity contribution in [3.63, 3.8) is 0 Å². The molecule has 0 aliphatic heterocycles. The normalized spacial score (nSPS) is 11.4. The minimum Gasteiger partial charge on any atom is -0.390 e. The van der Waals surface area contributed by atoms with Gasteiger partial charge in [0.15, 0.2) is 0 Å². The van der Waals surface area contributed by atoms with Gasteiger partial charge in [-0.1, -0.05) is 35.3 Å². The first-order valence-electron chi connectivity index (χ1n) is 6.80. The SMILES string of the molecule is N=C(CO)c1ccc(C(F)(F)F)cc1NCc1ccc(Cl)cc1Cl. The first-order valence-corrected chi connectivity index (χ1v) is 7.55. The number of nitrogens with one attached hydrogen (secondary N) is 2. The highest BCUT2D eigenvalue weighted by Gasteiger charge is 2.31. The Morgan fingerprint density at radius 1 is 1.12 bits per heavy atom. The van der Waals surface area contributed by atoms with Gasteiger partial charge in [0.25, 0.3) is 0 Å². The first-order chi connectivity index (χ1) is 11.2. The third-order valence-electron chi connectivity index (χ3n) is 3.31. The molecule has 2 aromatic carbocycles. The molecule has 0 fully saturated rings.